The maximum Gasteiger partial charge on any atom is 0.311 e. The van der Waals surface area contributed by atoms with Gasteiger partial charge in [0.25, 0.3) is 0 Å². The molecule has 0 unspecified atom stereocenters. The Morgan fingerprint density at radius 2 is 1.92 bits per heavy atom. The quantitative estimate of drug-likeness (QED) is 0.425. The molecule has 0 spiro atoms. The van der Waals surface area contributed by atoms with Crippen LogP contribution >= 0.6 is 0 Å². The number of esters is 1. The molecule has 2 rings (SSSR count). The van der Waals surface area contributed by atoms with E-state index >= 15 is 0 Å². The second kappa shape index (κ2) is 9.23. The predicted octanol–water partition coefficient (Wildman–Crippen LogP) is 4.55. The van der Waals surface area contributed by atoms with Gasteiger partial charge in [0.1, 0.15) is 11.5 Å². The van der Waals surface area contributed by atoms with Crippen molar-refractivity contribution in [3.05, 3.63) is 23.3 Å². The van der Waals surface area contributed by atoms with Gasteiger partial charge in [-0.05, 0) is 55.2 Å². The Kier molecular flexibility index (Phi) is 7.30. The second-order valence-electron chi connectivity index (χ2n) is 7.29. The Morgan fingerprint density at radius 3 is 2.52 bits per heavy atom. The lowest BCUT2D eigenvalue weighted by Gasteiger charge is -2.36. The van der Waals surface area contributed by atoms with E-state index in [2.05, 4.69) is 13.8 Å². The standard InChI is InChI=1S/C21H32O4/c1-4-16-14-17(25-19(23)10-6-9-13-22)15-18(20(16)24-3)21(2)11-7-5-8-12-21/h14-15,22H,4-13H2,1-3H3. The first kappa shape index (κ1) is 19.8. The Bertz CT molecular complexity index is 574. The molecule has 1 fully saturated rings. The number of carbonyl (C=O) groups excluding carboxylic acids is 1. The molecule has 1 N–H and O–H groups in total. The zero-order chi connectivity index (χ0) is 18.3. The minimum atomic E-state index is -0.236. The van der Waals surface area contributed by atoms with E-state index < -0.39 is 0 Å². The van der Waals surface area contributed by atoms with E-state index in [4.69, 9.17) is 14.6 Å². The van der Waals surface area contributed by atoms with E-state index in [1.54, 1.807) is 7.11 Å². The number of methoxy groups -OCH3 is 1. The summed E-state index contributed by atoms with van der Waals surface area (Å²) in [6.45, 7) is 4.51. The van der Waals surface area contributed by atoms with E-state index in [0.29, 0.717) is 25.0 Å². The zero-order valence-electron chi connectivity index (χ0n) is 15.9. The highest BCUT2D eigenvalue weighted by Crippen LogP contribution is 2.45. The number of rotatable bonds is 8. The number of aliphatic hydroxyl groups is 1. The lowest BCUT2D eigenvalue weighted by atomic mass is 9.70. The molecule has 4 heteroatoms. The van der Waals surface area contributed by atoms with Gasteiger partial charge in [0.15, 0.2) is 0 Å². The van der Waals surface area contributed by atoms with Gasteiger partial charge in [-0.3, -0.25) is 4.79 Å². The molecule has 1 aromatic carbocycles. The van der Waals surface area contributed by atoms with E-state index in [9.17, 15) is 4.79 Å². The highest BCUT2D eigenvalue weighted by molar-refractivity contribution is 5.72. The number of hydrogen-bond donors (Lipinski definition) is 1. The Labute approximate surface area is 151 Å². The van der Waals surface area contributed by atoms with Crippen LogP contribution in [0, 0.1) is 0 Å². The molecule has 1 aliphatic rings. The number of benzene rings is 1. The van der Waals surface area contributed by atoms with Crippen molar-refractivity contribution in [2.24, 2.45) is 0 Å². The van der Waals surface area contributed by atoms with Crippen LogP contribution in [-0.2, 0) is 16.6 Å². The van der Waals surface area contributed by atoms with Crippen LogP contribution in [-0.4, -0.2) is 24.8 Å². The molecule has 0 aromatic heterocycles. The number of aryl methyl sites for hydroxylation is 1. The molecule has 1 aliphatic carbocycles. The molecular formula is C21H32O4. The van der Waals surface area contributed by atoms with Gasteiger partial charge in [0.05, 0.1) is 7.11 Å². The highest BCUT2D eigenvalue weighted by Gasteiger charge is 2.33. The van der Waals surface area contributed by atoms with E-state index in [1.807, 2.05) is 12.1 Å². The molecule has 25 heavy (non-hydrogen) atoms. The molecule has 0 atom stereocenters. The Morgan fingerprint density at radius 1 is 1.20 bits per heavy atom. The van der Waals surface area contributed by atoms with Crippen molar-refractivity contribution in [2.75, 3.05) is 13.7 Å². The van der Waals surface area contributed by atoms with Gasteiger partial charge in [0, 0.05) is 18.6 Å². The summed E-state index contributed by atoms with van der Waals surface area (Å²) in [4.78, 5) is 12.1. The molecule has 1 aromatic rings. The number of ether oxygens (including phenoxy) is 2. The minimum absolute atomic E-state index is 0.0762. The summed E-state index contributed by atoms with van der Waals surface area (Å²) < 4.78 is 11.4. The molecule has 0 amide bonds. The predicted molar refractivity (Wildman–Crippen MR) is 99.4 cm³/mol. The zero-order valence-corrected chi connectivity index (χ0v) is 15.9. The largest absolute Gasteiger partial charge is 0.496 e. The van der Waals surface area contributed by atoms with Crippen LogP contribution in [0.25, 0.3) is 0 Å². The molecule has 0 bridgehead atoms. The summed E-state index contributed by atoms with van der Waals surface area (Å²) in [6.07, 6.45) is 8.47. The summed E-state index contributed by atoms with van der Waals surface area (Å²) in [5.41, 5.74) is 2.34. The third-order valence-electron chi connectivity index (χ3n) is 5.35. The van der Waals surface area contributed by atoms with Gasteiger partial charge < -0.3 is 14.6 Å². The van der Waals surface area contributed by atoms with Crippen LogP contribution < -0.4 is 9.47 Å². The fraction of sp³-hybridized carbons (Fsp3) is 0.667. The third kappa shape index (κ3) is 4.97. The van der Waals surface area contributed by atoms with Crippen molar-refractivity contribution in [3.63, 3.8) is 0 Å². The molecule has 0 radical (unpaired) electrons. The summed E-state index contributed by atoms with van der Waals surface area (Å²) in [6, 6.07) is 3.94. The fourth-order valence-electron chi connectivity index (χ4n) is 3.84. The van der Waals surface area contributed by atoms with E-state index in [-0.39, 0.29) is 18.0 Å². The molecule has 1 saturated carbocycles. The average Bonchev–Trinajstić information content (AvgIpc) is 2.61. The smallest absolute Gasteiger partial charge is 0.311 e. The maximum absolute atomic E-state index is 12.1. The van der Waals surface area contributed by atoms with Crippen molar-refractivity contribution in [3.8, 4) is 11.5 Å². The average molecular weight is 348 g/mol. The van der Waals surface area contributed by atoms with Crippen molar-refractivity contribution >= 4 is 5.97 Å². The van der Waals surface area contributed by atoms with Gasteiger partial charge in [-0.2, -0.15) is 0 Å². The van der Waals surface area contributed by atoms with Gasteiger partial charge in [0.2, 0.25) is 0 Å². The van der Waals surface area contributed by atoms with Crippen molar-refractivity contribution in [2.45, 2.75) is 77.0 Å². The SMILES string of the molecule is CCc1cc(OC(=O)CCCCO)cc(C2(C)CCCCC2)c1OC. The normalized spacial score (nSPS) is 16.5. The van der Waals surface area contributed by atoms with Crippen molar-refractivity contribution in [1.82, 2.24) is 0 Å². The maximum atomic E-state index is 12.1. The van der Waals surface area contributed by atoms with Crippen LogP contribution in [0.15, 0.2) is 12.1 Å². The lowest BCUT2D eigenvalue weighted by molar-refractivity contribution is -0.134. The van der Waals surface area contributed by atoms with Crippen LogP contribution in [0.4, 0.5) is 0 Å². The first-order valence-electron chi connectivity index (χ1n) is 9.57. The summed E-state index contributed by atoms with van der Waals surface area (Å²) >= 11 is 0. The molecule has 4 nitrogen and oxygen atoms in total. The molecule has 0 saturated heterocycles. The molecule has 0 heterocycles. The first-order chi connectivity index (χ1) is 12.0. The Balaban J connectivity index is 2.29. The van der Waals surface area contributed by atoms with Crippen LogP contribution in [0.2, 0.25) is 0 Å². The second-order valence-corrected chi connectivity index (χ2v) is 7.29. The minimum Gasteiger partial charge on any atom is -0.496 e. The number of aliphatic hydroxyl groups excluding tert-OH is 1. The topological polar surface area (TPSA) is 55.8 Å². The third-order valence-corrected chi connectivity index (χ3v) is 5.35. The van der Waals surface area contributed by atoms with Gasteiger partial charge in [-0.15, -0.1) is 0 Å². The van der Waals surface area contributed by atoms with Crippen LogP contribution in [0.1, 0.15) is 76.3 Å². The lowest BCUT2D eigenvalue weighted by Crippen LogP contribution is -2.26. The summed E-state index contributed by atoms with van der Waals surface area (Å²) in [5, 5.41) is 8.84. The van der Waals surface area contributed by atoms with Gasteiger partial charge >= 0.3 is 5.97 Å². The number of carbonyl (C=O) groups is 1. The van der Waals surface area contributed by atoms with Gasteiger partial charge in [-0.25, -0.2) is 0 Å². The summed E-state index contributed by atoms with van der Waals surface area (Å²) in [7, 11) is 1.73. The fourth-order valence-corrected chi connectivity index (χ4v) is 3.84. The Hall–Kier alpha value is -1.55. The molecular weight excluding hydrogens is 316 g/mol. The van der Waals surface area contributed by atoms with Gasteiger partial charge in [-0.1, -0.05) is 33.1 Å². The monoisotopic (exact) mass is 348 g/mol. The number of hydrogen-bond acceptors (Lipinski definition) is 4. The van der Waals surface area contributed by atoms with Crippen molar-refractivity contribution in [1.29, 1.82) is 0 Å². The first-order valence-corrected chi connectivity index (χ1v) is 9.57. The van der Waals surface area contributed by atoms with Crippen molar-refractivity contribution < 1.29 is 19.4 Å². The van der Waals surface area contributed by atoms with Crippen LogP contribution in [0.5, 0.6) is 11.5 Å². The molecule has 0 aliphatic heterocycles. The highest BCUT2D eigenvalue weighted by atomic mass is 16.5. The molecule has 140 valence electrons. The van der Waals surface area contributed by atoms with Crippen LogP contribution in [0.3, 0.4) is 0 Å². The van der Waals surface area contributed by atoms with E-state index in [0.717, 1.165) is 30.6 Å². The van der Waals surface area contributed by atoms with E-state index in [1.165, 1.54) is 24.8 Å². The summed E-state index contributed by atoms with van der Waals surface area (Å²) in [5.74, 6) is 1.33. The number of unbranched alkanes of at least 4 members (excludes halogenated alkanes) is 1.